The van der Waals surface area contributed by atoms with Crippen molar-refractivity contribution < 1.29 is 27.4 Å². The maximum Gasteiger partial charge on any atom is 0.434 e. The van der Waals surface area contributed by atoms with E-state index in [2.05, 4.69) is 21.9 Å². The summed E-state index contributed by atoms with van der Waals surface area (Å²) in [7, 11) is 0. The highest BCUT2D eigenvalue weighted by atomic mass is 19.4. The Bertz CT molecular complexity index is 666. The van der Waals surface area contributed by atoms with Crippen LogP contribution >= 0.6 is 0 Å². The number of anilines is 1. The highest BCUT2D eigenvalue weighted by molar-refractivity contribution is 5.35. The third-order valence-corrected chi connectivity index (χ3v) is 4.06. The van der Waals surface area contributed by atoms with E-state index in [1.54, 1.807) is 13.8 Å². The summed E-state index contributed by atoms with van der Waals surface area (Å²) in [5.74, 6) is -0.819. The summed E-state index contributed by atoms with van der Waals surface area (Å²) in [5, 5.41) is 2.93. The van der Waals surface area contributed by atoms with Crippen molar-refractivity contribution in [3.63, 3.8) is 0 Å². The van der Waals surface area contributed by atoms with E-state index in [1.807, 2.05) is 6.92 Å². The van der Waals surface area contributed by atoms with Gasteiger partial charge in [0.15, 0.2) is 11.5 Å². The largest absolute Gasteiger partial charge is 0.434 e. The van der Waals surface area contributed by atoms with Crippen LogP contribution < -0.4 is 5.32 Å². The van der Waals surface area contributed by atoms with Crippen LogP contribution in [0.1, 0.15) is 26.5 Å². The number of ether oxygens (including phenoxy) is 3. The normalized spacial score (nSPS) is 31.4. The third-order valence-electron chi connectivity index (χ3n) is 4.06. The molecule has 1 aromatic rings. The second-order valence-electron chi connectivity index (χ2n) is 6.70. The Morgan fingerprint density at radius 3 is 2.60 bits per heavy atom. The van der Waals surface area contributed by atoms with Gasteiger partial charge in [0, 0.05) is 0 Å². The van der Waals surface area contributed by atoms with Crippen LogP contribution in [0.3, 0.4) is 0 Å². The summed E-state index contributed by atoms with van der Waals surface area (Å²) in [4.78, 5) is 7.18. The molecule has 25 heavy (non-hydrogen) atoms. The van der Waals surface area contributed by atoms with Gasteiger partial charge in [-0.3, -0.25) is 4.98 Å². The summed E-state index contributed by atoms with van der Waals surface area (Å²) in [6, 6.07) is -0.430. The monoisotopic (exact) mass is 359 g/mol. The second kappa shape index (κ2) is 6.22. The van der Waals surface area contributed by atoms with Crippen LogP contribution in [0.5, 0.6) is 0 Å². The summed E-state index contributed by atoms with van der Waals surface area (Å²) < 4.78 is 56.0. The molecule has 6 nitrogen and oxygen atoms in total. The van der Waals surface area contributed by atoms with Gasteiger partial charge < -0.3 is 19.5 Å². The fraction of sp³-hybridized carbons (Fsp3) is 0.625. The van der Waals surface area contributed by atoms with Gasteiger partial charge in [-0.05, 0) is 26.3 Å². The van der Waals surface area contributed by atoms with E-state index in [-0.39, 0.29) is 18.5 Å². The highest BCUT2D eigenvalue weighted by Gasteiger charge is 2.52. The predicted octanol–water partition coefficient (Wildman–Crippen LogP) is 2.77. The van der Waals surface area contributed by atoms with Crippen molar-refractivity contribution in [2.45, 2.75) is 57.1 Å². The molecule has 0 aliphatic carbocycles. The summed E-state index contributed by atoms with van der Waals surface area (Å²) in [5.41, 5.74) is -0.261. The van der Waals surface area contributed by atoms with Crippen molar-refractivity contribution in [1.82, 2.24) is 9.97 Å². The number of halogens is 3. The van der Waals surface area contributed by atoms with Crippen molar-refractivity contribution in [2.24, 2.45) is 0 Å². The molecule has 138 valence electrons. The van der Waals surface area contributed by atoms with Crippen molar-refractivity contribution in [3.05, 3.63) is 30.2 Å². The predicted molar refractivity (Wildman–Crippen MR) is 82.8 cm³/mol. The molecule has 0 radical (unpaired) electrons. The van der Waals surface area contributed by atoms with Gasteiger partial charge in [0.2, 0.25) is 0 Å². The second-order valence-corrected chi connectivity index (χ2v) is 6.70. The topological polar surface area (TPSA) is 65.5 Å². The van der Waals surface area contributed by atoms with Gasteiger partial charge in [0.1, 0.15) is 24.1 Å². The Morgan fingerprint density at radius 2 is 1.96 bits per heavy atom. The molecule has 0 aromatic carbocycles. The number of hydrogen-bond acceptors (Lipinski definition) is 6. The lowest BCUT2D eigenvalue weighted by Crippen LogP contribution is -2.54. The van der Waals surface area contributed by atoms with Gasteiger partial charge in [-0.2, -0.15) is 13.2 Å². The average Bonchev–Trinajstić information content (AvgIpc) is 2.82. The van der Waals surface area contributed by atoms with E-state index in [0.29, 0.717) is 6.20 Å². The Kier molecular flexibility index (Phi) is 4.50. The van der Waals surface area contributed by atoms with Gasteiger partial charge in [-0.15, -0.1) is 0 Å². The van der Waals surface area contributed by atoms with Gasteiger partial charge in [-0.25, -0.2) is 4.98 Å². The Morgan fingerprint density at radius 1 is 1.28 bits per heavy atom. The van der Waals surface area contributed by atoms with Crippen LogP contribution in [0.4, 0.5) is 19.0 Å². The quantitative estimate of drug-likeness (QED) is 0.838. The number of hydrogen-bond donors (Lipinski definition) is 1. The fourth-order valence-electron chi connectivity index (χ4n) is 3.07. The molecule has 0 saturated carbocycles. The van der Waals surface area contributed by atoms with Crippen molar-refractivity contribution in [2.75, 3.05) is 11.9 Å². The van der Waals surface area contributed by atoms with E-state index < -0.39 is 35.9 Å². The average molecular weight is 359 g/mol. The fourth-order valence-corrected chi connectivity index (χ4v) is 3.07. The molecule has 1 N–H and O–H groups in total. The number of alkyl halides is 3. The first-order chi connectivity index (χ1) is 11.6. The van der Waals surface area contributed by atoms with Crippen LogP contribution in [0.15, 0.2) is 24.5 Å². The van der Waals surface area contributed by atoms with Crippen LogP contribution in [0.25, 0.3) is 0 Å². The van der Waals surface area contributed by atoms with E-state index in [0.717, 1.165) is 5.57 Å². The number of aromatic nitrogens is 2. The zero-order valence-electron chi connectivity index (χ0n) is 14.1. The smallest absolute Gasteiger partial charge is 0.369 e. The molecule has 0 spiro atoms. The molecular weight excluding hydrogens is 339 g/mol. The Hall–Kier alpha value is -1.71. The zero-order valence-corrected chi connectivity index (χ0v) is 14.1. The molecule has 1 aromatic heterocycles. The Labute approximate surface area is 143 Å². The molecule has 3 heterocycles. The van der Waals surface area contributed by atoms with Crippen LogP contribution in [-0.2, 0) is 20.4 Å². The maximum atomic E-state index is 12.8. The number of nitrogens with zero attached hydrogens (tertiary/aromatic N) is 2. The lowest BCUT2D eigenvalue weighted by atomic mass is 9.94. The molecule has 2 aliphatic heterocycles. The summed E-state index contributed by atoms with van der Waals surface area (Å²) >= 11 is 0. The highest BCUT2D eigenvalue weighted by Crippen LogP contribution is 2.38. The number of nitrogens with one attached hydrogen (secondary N) is 1. The molecule has 2 aliphatic rings. The van der Waals surface area contributed by atoms with Crippen LogP contribution in [0.2, 0.25) is 0 Å². The van der Waals surface area contributed by atoms with E-state index >= 15 is 0 Å². The lowest BCUT2D eigenvalue weighted by Gasteiger charge is -2.37. The van der Waals surface area contributed by atoms with Crippen LogP contribution in [-0.4, -0.2) is 46.7 Å². The number of fused-ring (bicyclic) bond motifs is 1. The first-order valence-corrected chi connectivity index (χ1v) is 7.85. The minimum absolute atomic E-state index is 0.00394. The minimum atomic E-state index is -4.56. The third kappa shape index (κ3) is 3.78. The molecule has 2 fully saturated rings. The Balaban J connectivity index is 1.80. The first kappa shape index (κ1) is 18.1. The SMILES string of the molecule is C=C(C)[C@H]1OC[C@H](Nc2cncc(C(F)(F)F)n2)[C@H]2OC(C)(C)O[C@H]21. The van der Waals surface area contributed by atoms with E-state index in [1.165, 1.54) is 6.20 Å². The van der Waals surface area contributed by atoms with Gasteiger partial charge >= 0.3 is 6.18 Å². The van der Waals surface area contributed by atoms with Crippen LogP contribution in [0, 0.1) is 0 Å². The standard InChI is InChI=1S/C16H20F3N3O3/c1-8(2)12-14-13(24-15(3,4)25-14)9(7-23-12)21-11-6-20-5-10(22-11)16(17,18)19/h5-6,9,12-14H,1,7H2,2-4H3,(H,21,22)/t9-,12+,13+,14-/m0/s1. The summed E-state index contributed by atoms with van der Waals surface area (Å²) in [6.07, 6.45) is -3.80. The molecule has 9 heteroatoms. The molecular formula is C16H20F3N3O3. The van der Waals surface area contributed by atoms with E-state index in [4.69, 9.17) is 14.2 Å². The van der Waals surface area contributed by atoms with Crippen molar-refractivity contribution in [1.29, 1.82) is 0 Å². The van der Waals surface area contributed by atoms with Gasteiger partial charge in [-0.1, -0.05) is 6.58 Å². The molecule has 0 unspecified atom stereocenters. The zero-order chi connectivity index (χ0) is 18.4. The first-order valence-electron chi connectivity index (χ1n) is 7.85. The van der Waals surface area contributed by atoms with Gasteiger partial charge in [0.05, 0.1) is 25.0 Å². The van der Waals surface area contributed by atoms with E-state index in [9.17, 15) is 13.2 Å². The lowest BCUT2D eigenvalue weighted by molar-refractivity contribution is -0.150. The molecule has 3 rings (SSSR count). The molecule has 4 atom stereocenters. The van der Waals surface area contributed by atoms with Crippen molar-refractivity contribution in [3.8, 4) is 0 Å². The van der Waals surface area contributed by atoms with Crippen molar-refractivity contribution >= 4 is 5.82 Å². The van der Waals surface area contributed by atoms with Gasteiger partial charge in [0.25, 0.3) is 0 Å². The molecule has 0 bridgehead atoms. The maximum absolute atomic E-state index is 12.8. The molecule has 2 saturated heterocycles. The minimum Gasteiger partial charge on any atom is -0.369 e. The number of rotatable bonds is 3. The summed E-state index contributed by atoms with van der Waals surface area (Å²) in [6.45, 7) is 9.52. The molecule has 0 amide bonds.